The summed E-state index contributed by atoms with van der Waals surface area (Å²) in [7, 11) is 0. The number of thioether (sulfide) groups is 1. The van der Waals surface area contributed by atoms with Gasteiger partial charge >= 0.3 is 5.97 Å². The van der Waals surface area contributed by atoms with Gasteiger partial charge in [0, 0.05) is 23.1 Å². The third-order valence-electron chi connectivity index (χ3n) is 3.54. The molecule has 0 heterocycles. The van der Waals surface area contributed by atoms with Crippen LogP contribution in [0.5, 0.6) is 0 Å². The largest absolute Gasteiger partial charge is 0.452 e. The van der Waals surface area contributed by atoms with Gasteiger partial charge in [-0.25, -0.2) is 8.78 Å². The number of benzene rings is 2. The lowest BCUT2D eigenvalue weighted by Gasteiger charge is -2.16. The van der Waals surface area contributed by atoms with E-state index in [9.17, 15) is 28.5 Å². The molecule has 0 aromatic heterocycles. The van der Waals surface area contributed by atoms with Crippen molar-refractivity contribution in [2.45, 2.75) is 30.1 Å². The van der Waals surface area contributed by atoms with Gasteiger partial charge in [-0.05, 0) is 38.1 Å². The van der Waals surface area contributed by atoms with E-state index in [2.05, 4.69) is 5.32 Å². The minimum Gasteiger partial charge on any atom is -0.452 e. The first-order valence-electron chi connectivity index (χ1n) is 8.05. The SMILES string of the molecule is C[C@@H](OC(=O)[C@@H](C)Sc1ccc([N+](=O)[O-])cc1)C(=O)Nc1cc(F)ccc1F. The Bertz CT molecular complexity index is 892. The first kappa shape index (κ1) is 21.3. The molecule has 0 saturated carbocycles. The van der Waals surface area contributed by atoms with Crippen LogP contribution in [0.15, 0.2) is 47.4 Å². The Kier molecular flexibility index (Phi) is 7.05. The molecule has 0 bridgehead atoms. The Morgan fingerprint density at radius 3 is 2.39 bits per heavy atom. The number of nitrogens with zero attached hydrogens (tertiary/aromatic N) is 1. The van der Waals surface area contributed by atoms with Crippen molar-refractivity contribution in [1.29, 1.82) is 0 Å². The van der Waals surface area contributed by atoms with Crippen molar-refractivity contribution in [3.8, 4) is 0 Å². The predicted octanol–water partition coefficient (Wildman–Crippen LogP) is 3.92. The van der Waals surface area contributed by atoms with Crippen LogP contribution in [0.25, 0.3) is 0 Å². The minimum atomic E-state index is -1.24. The molecule has 2 aromatic rings. The number of amides is 1. The van der Waals surface area contributed by atoms with Crippen LogP contribution in [-0.2, 0) is 14.3 Å². The summed E-state index contributed by atoms with van der Waals surface area (Å²) in [5.74, 6) is -3.07. The van der Waals surface area contributed by atoms with Gasteiger partial charge in [-0.15, -0.1) is 11.8 Å². The second kappa shape index (κ2) is 9.27. The normalized spacial score (nSPS) is 12.7. The van der Waals surface area contributed by atoms with Gasteiger partial charge in [-0.2, -0.15) is 0 Å². The second-order valence-electron chi connectivity index (χ2n) is 5.70. The van der Waals surface area contributed by atoms with Gasteiger partial charge < -0.3 is 10.1 Å². The molecule has 0 fully saturated rings. The number of halogens is 2. The first-order valence-corrected chi connectivity index (χ1v) is 8.93. The van der Waals surface area contributed by atoms with Gasteiger partial charge in [0.25, 0.3) is 11.6 Å². The maximum Gasteiger partial charge on any atom is 0.319 e. The minimum absolute atomic E-state index is 0.0746. The van der Waals surface area contributed by atoms with E-state index in [1.54, 1.807) is 6.92 Å². The topological polar surface area (TPSA) is 98.5 Å². The van der Waals surface area contributed by atoms with Crippen LogP contribution in [0.3, 0.4) is 0 Å². The van der Waals surface area contributed by atoms with Crippen molar-refractivity contribution < 1.29 is 28.0 Å². The first-order chi connectivity index (χ1) is 13.2. The number of hydrogen-bond donors (Lipinski definition) is 1. The maximum atomic E-state index is 13.6. The zero-order chi connectivity index (χ0) is 20.8. The Morgan fingerprint density at radius 1 is 1.14 bits per heavy atom. The molecule has 0 aliphatic heterocycles. The highest BCUT2D eigenvalue weighted by Crippen LogP contribution is 2.26. The molecule has 1 N–H and O–H groups in total. The summed E-state index contributed by atoms with van der Waals surface area (Å²) in [5.41, 5.74) is -0.435. The number of carbonyl (C=O) groups is 2. The molecule has 0 radical (unpaired) electrons. The highest BCUT2D eigenvalue weighted by molar-refractivity contribution is 8.00. The highest BCUT2D eigenvalue weighted by Gasteiger charge is 2.23. The molecule has 0 aliphatic carbocycles. The van der Waals surface area contributed by atoms with Gasteiger partial charge in [0.15, 0.2) is 6.10 Å². The Balaban J connectivity index is 1.92. The lowest BCUT2D eigenvalue weighted by Crippen LogP contribution is -2.32. The quantitative estimate of drug-likeness (QED) is 0.321. The van der Waals surface area contributed by atoms with Crippen LogP contribution in [0.4, 0.5) is 20.2 Å². The number of carbonyl (C=O) groups excluding carboxylic acids is 2. The lowest BCUT2D eigenvalue weighted by molar-refractivity contribution is -0.384. The fraction of sp³-hybridized carbons (Fsp3) is 0.222. The average Bonchev–Trinajstić information content (AvgIpc) is 2.64. The molecule has 0 unspecified atom stereocenters. The Labute approximate surface area is 163 Å². The van der Waals surface area contributed by atoms with Crippen molar-refractivity contribution in [3.63, 3.8) is 0 Å². The van der Waals surface area contributed by atoms with Crippen molar-refractivity contribution in [2.75, 3.05) is 5.32 Å². The number of non-ortho nitro benzene ring substituents is 1. The van der Waals surface area contributed by atoms with Crippen LogP contribution in [-0.4, -0.2) is 28.2 Å². The van der Waals surface area contributed by atoms with E-state index >= 15 is 0 Å². The molecule has 1 amide bonds. The second-order valence-corrected chi connectivity index (χ2v) is 7.12. The van der Waals surface area contributed by atoms with E-state index in [0.717, 1.165) is 30.0 Å². The summed E-state index contributed by atoms with van der Waals surface area (Å²) in [6.45, 7) is 2.85. The summed E-state index contributed by atoms with van der Waals surface area (Å²) in [4.78, 5) is 34.9. The fourth-order valence-electron chi connectivity index (χ4n) is 2.05. The number of nitro benzene ring substituents is 1. The molecule has 2 rings (SSSR count). The van der Waals surface area contributed by atoms with Crippen LogP contribution in [0.1, 0.15) is 13.8 Å². The smallest absolute Gasteiger partial charge is 0.319 e. The molecule has 0 spiro atoms. The van der Waals surface area contributed by atoms with Crippen LogP contribution < -0.4 is 5.32 Å². The van der Waals surface area contributed by atoms with Crippen molar-refractivity contribution in [1.82, 2.24) is 0 Å². The Hall–Kier alpha value is -3.01. The zero-order valence-corrected chi connectivity index (χ0v) is 15.7. The number of rotatable bonds is 7. The van der Waals surface area contributed by atoms with E-state index < -0.39 is 39.8 Å². The number of ether oxygens (including phenoxy) is 1. The average molecular weight is 410 g/mol. The summed E-state index contributed by atoms with van der Waals surface area (Å²) < 4.78 is 31.8. The third kappa shape index (κ3) is 5.74. The molecular weight excluding hydrogens is 394 g/mol. The molecular formula is C18H16F2N2O5S. The van der Waals surface area contributed by atoms with Gasteiger partial charge in [0.2, 0.25) is 0 Å². The predicted molar refractivity (Wildman–Crippen MR) is 99.0 cm³/mol. The summed E-state index contributed by atoms with van der Waals surface area (Å²) in [5, 5.41) is 12.1. The van der Waals surface area contributed by atoms with Crippen LogP contribution in [0.2, 0.25) is 0 Å². The van der Waals surface area contributed by atoms with Crippen LogP contribution >= 0.6 is 11.8 Å². The van der Waals surface area contributed by atoms with Crippen molar-refractivity contribution in [2.24, 2.45) is 0 Å². The fourth-order valence-corrected chi connectivity index (χ4v) is 2.90. The maximum absolute atomic E-state index is 13.6. The lowest BCUT2D eigenvalue weighted by atomic mass is 10.2. The molecule has 2 aromatic carbocycles. The number of anilines is 1. The highest BCUT2D eigenvalue weighted by atomic mass is 32.2. The molecule has 10 heteroatoms. The number of hydrogen-bond acceptors (Lipinski definition) is 6. The Morgan fingerprint density at radius 2 is 1.79 bits per heavy atom. The summed E-state index contributed by atoms with van der Waals surface area (Å²) >= 11 is 1.10. The van der Waals surface area contributed by atoms with E-state index in [-0.39, 0.29) is 11.4 Å². The standard InChI is InChI=1S/C18H16F2N2O5S/c1-10(17(23)21-16-9-12(19)3-8-15(16)20)27-18(24)11(2)28-14-6-4-13(5-7-14)22(25)26/h3-11H,1-2H3,(H,21,23)/t10-,11-/m1/s1. The molecule has 148 valence electrons. The van der Waals surface area contributed by atoms with E-state index in [0.29, 0.717) is 4.90 Å². The number of esters is 1. The molecule has 7 nitrogen and oxygen atoms in total. The molecule has 28 heavy (non-hydrogen) atoms. The van der Waals surface area contributed by atoms with Gasteiger partial charge in [0.1, 0.15) is 16.9 Å². The van der Waals surface area contributed by atoms with Crippen molar-refractivity contribution >= 4 is 35.0 Å². The molecule has 0 aliphatic rings. The monoisotopic (exact) mass is 410 g/mol. The van der Waals surface area contributed by atoms with Gasteiger partial charge in [0.05, 0.1) is 10.6 Å². The van der Waals surface area contributed by atoms with E-state index in [1.165, 1.54) is 31.2 Å². The summed E-state index contributed by atoms with van der Waals surface area (Å²) in [6, 6.07) is 8.20. The van der Waals surface area contributed by atoms with E-state index in [1.807, 2.05) is 0 Å². The van der Waals surface area contributed by atoms with Gasteiger partial charge in [-0.3, -0.25) is 19.7 Å². The van der Waals surface area contributed by atoms with Crippen LogP contribution in [0, 0.1) is 21.7 Å². The van der Waals surface area contributed by atoms with Gasteiger partial charge in [-0.1, -0.05) is 0 Å². The van der Waals surface area contributed by atoms with Crippen molar-refractivity contribution in [3.05, 3.63) is 64.2 Å². The van der Waals surface area contributed by atoms with E-state index in [4.69, 9.17) is 4.74 Å². The third-order valence-corrected chi connectivity index (χ3v) is 4.63. The summed E-state index contributed by atoms with van der Waals surface area (Å²) in [6.07, 6.45) is -1.24. The molecule has 2 atom stereocenters. The zero-order valence-electron chi connectivity index (χ0n) is 14.8. The number of nitro groups is 1. The molecule has 0 saturated heterocycles. The number of nitrogens with one attached hydrogen (secondary N) is 1.